The molecule has 0 spiro atoms. The molecule has 2 aliphatic rings. The predicted octanol–water partition coefficient (Wildman–Crippen LogP) is 2.06. The van der Waals surface area contributed by atoms with Crippen molar-refractivity contribution >= 4 is 21.8 Å². The van der Waals surface area contributed by atoms with E-state index in [1.54, 1.807) is 6.07 Å². The number of nitrogens with one attached hydrogen (secondary N) is 1. The van der Waals surface area contributed by atoms with E-state index in [0.29, 0.717) is 23.1 Å². The Morgan fingerprint density at radius 1 is 1.19 bits per heavy atom. The molecule has 136 valence electrons. The van der Waals surface area contributed by atoms with E-state index in [0.717, 1.165) is 38.4 Å². The van der Waals surface area contributed by atoms with E-state index in [1.165, 1.54) is 28.2 Å². The van der Waals surface area contributed by atoms with Crippen molar-refractivity contribution in [3.8, 4) is 5.75 Å². The van der Waals surface area contributed by atoms with Crippen molar-refractivity contribution in [1.29, 1.82) is 0 Å². The Kier molecular flexibility index (Phi) is 4.96. The van der Waals surface area contributed by atoms with Crippen molar-refractivity contribution in [2.45, 2.75) is 13.0 Å². The molecule has 0 atom stereocenters. The van der Waals surface area contributed by atoms with Crippen molar-refractivity contribution < 1.29 is 18.8 Å². The van der Waals surface area contributed by atoms with Crippen molar-refractivity contribution in [3.63, 3.8) is 0 Å². The van der Waals surface area contributed by atoms with E-state index in [-0.39, 0.29) is 11.7 Å². The Hall–Kier alpha value is -1.92. The number of rotatable bonds is 3. The second-order valence-electron chi connectivity index (χ2n) is 6.88. The van der Waals surface area contributed by atoms with Gasteiger partial charge in [0.2, 0.25) is 0 Å². The van der Waals surface area contributed by atoms with Gasteiger partial charge in [-0.2, -0.15) is 0 Å². The molecule has 1 N–H and O–H groups in total. The number of piperazine rings is 1. The largest absolute Gasteiger partial charge is 0.493 e. The normalized spacial score (nSPS) is 17.1. The molecule has 0 aromatic heterocycles. The highest BCUT2D eigenvalue weighted by Gasteiger charge is 2.26. The molecular formula is C20H21BrFN2O2+. The number of ether oxygens (including phenoxy) is 1. The van der Waals surface area contributed by atoms with Crippen LogP contribution in [0.3, 0.4) is 0 Å². The molecule has 4 rings (SSSR count). The number of halogens is 2. The molecule has 2 aliphatic heterocycles. The van der Waals surface area contributed by atoms with Gasteiger partial charge in [0.15, 0.2) is 0 Å². The summed E-state index contributed by atoms with van der Waals surface area (Å²) in [6.07, 6.45) is 0.989. The van der Waals surface area contributed by atoms with Crippen molar-refractivity contribution in [2.24, 2.45) is 0 Å². The third kappa shape index (κ3) is 3.62. The van der Waals surface area contributed by atoms with Crippen LogP contribution in [0.1, 0.15) is 21.5 Å². The quantitative estimate of drug-likeness (QED) is 0.825. The summed E-state index contributed by atoms with van der Waals surface area (Å²) in [6.45, 7) is 4.90. The van der Waals surface area contributed by atoms with Crippen LogP contribution in [0, 0.1) is 5.82 Å². The number of nitrogens with zero attached hydrogens (tertiary/aromatic N) is 1. The van der Waals surface area contributed by atoms with Gasteiger partial charge in [0.25, 0.3) is 5.91 Å². The van der Waals surface area contributed by atoms with Crippen LogP contribution < -0.4 is 9.64 Å². The minimum atomic E-state index is -0.388. The van der Waals surface area contributed by atoms with E-state index in [9.17, 15) is 9.18 Å². The maximum atomic E-state index is 13.5. The Morgan fingerprint density at radius 2 is 2.00 bits per heavy atom. The smallest absolute Gasteiger partial charge is 0.255 e. The third-order valence-electron chi connectivity index (χ3n) is 5.12. The summed E-state index contributed by atoms with van der Waals surface area (Å²) in [7, 11) is 0. The van der Waals surface area contributed by atoms with Gasteiger partial charge < -0.3 is 14.5 Å². The minimum Gasteiger partial charge on any atom is -0.493 e. The predicted molar refractivity (Wildman–Crippen MR) is 100 cm³/mol. The lowest BCUT2D eigenvalue weighted by atomic mass is 10.1. The molecule has 26 heavy (non-hydrogen) atoms. The summed E-state index contributed by atoms with van der Waals surface area (Å²) in [5.41, 5.74) is 3.01. The van der Waals surface area contributed by atoms with Gasteiger partial charge in [-0.25, -0.2) is 4.39 Å². The maximum absolute atomic E-state index is 13.5. The zero-order valence-corrected chi connectivity index (χ0v) is 16.0. The fourth-order valence-electron chi connectivity index (χ4n) is 3.67. The first-order valence-electron chi connectivity index (χ1n) is 8.92. The Balaban J connectivity index is 1.36. The van der Waals surface area contributed by atoms with Gasteiger partial charge in [-0.3, -0.25) is 4.79 Å². The van der Waals surface area contributed by atoms with Gasteiger partial charge in [0.05, 0.1) is 38.3 Å². The number of amides is 1. The third-order valence-corrected chi connectivity index (χ3v) is 5.82. The lowest BCUT2D eigenvalue weighted by molar-refractivity contribution is -0.917. The molecule has 4 nitrogen and oxygen atoms in total. The summed E-state index contributed by atoms with van der Waals surface area (Å²) in [4.78, 5) is 16.0. The highest BCUT2D eigenvalue weighted by Crippen LogP contribution is 2.25. The van der Waals surface area contributed by atoms with E-state index in [4.69, 9.17) is 4.74 Å². The Bertz CT molecular complexity index is 835. The van der Waals surface area contributed by atoms with Crippen LogP contribution in [-0.4, -0.2) is 43.6 Å². The first-order valence-corrected chi connectivity index (χ1v) is 9.72. The van der Waals surface area contributed by atoms with Gasteiger partial charge >= 0.3 is 0 Å². The zero-order valence-electron chi connectivity index (χ0n) is 14.4. The van der Waals surface area contributed by atoms with Crippen molar-refractivity contribution in [2.75, 3.05) is 32.8 Å². The second-order valence-corrected chi connectivity index (χ2v) is 7.74. The van der Waals surface area contributed by atoms with E-state index < -0.39 is 0 Å². The summed E-state index contributed by atoms with van der Waals surface area (Å²) < 4.78 is 19.7. The van der Waals surface area contributed by atoms with Gasteiger partial charge in [-0.15, -0.1) is 0 Å². The van der Waals surface area contributed by atoms with Crippen LogP contribution >= 0.6 is 15.9 Å². The Morgan fingerprint density at radius 3 is 2.81 bits per heavy atom. The molecule has 1 saturated heterocycles. The molecular weight excluding hydrogens is 399 g/mol. The SMILES string of the molecule is O=C(c1cc(F)ccc1Br)N1CC[NH+](Cc2ccc3c(c2)CCO3)CC1. The van der Waals surface area contributed by atoms with Gasteiger partial charge in [0.1, 0.15) is 18.1 Å². The fourth-order valence-corrected chi connectivity index (χ4v) is 4.09. The molecule has 6 heteroatoms. The minimum absolute atomic E-state index is 0.106. The second kappa shape index (κ2) is 7.37. The highest BCUT2D eigenvalue weighted by molar-refractivity contribution is 9.10. The molecule has 2 heterocycles. The standard InChI is InChI=1S/C20H20BrFN2O2/c21-18-3-2-16(22)12-17(18)20(25)24-8-6-23(7-9-24)13-14-1-4-19-15(11-14)5-10-26-19/h1-4,11-12H,5-10,13H2/p+1. The van der Waals surface area contributed by atoms with E-state index in [1.807, 2.05) is 4.90 Å². The average Bonchev–Trinajstić information content (AvgIpc) is 3.11. The van der Waals surface area contributed by atoms with E-state index >= 15 is 0 Å². The number of hydrogen-bond donors (Lipinski definition) is 1. The molecule has 2 aromatic carbocycles. The number of fused-ring (bicyclic) bond motifs is 1. The molecule has 0 radical (unpaired) electrons. The first kappa shape index (κ1) is 17.5. The molecule has 2 aromatic rings. The molecule has 0 bridgehead atoms. The maximum Gasteiger partial charge on any atom is 0.255 e. The van der Waals surface area contributed by atoms with Gasteiger partial charge in [-0.1, -0.05) is 0 Å². The number of carbonyl (C=O) groups is 1. The average molecular weight is 420 g/mol. The lowest BCUT2D eigenvalue weighted by Gasteiger charge is -2.32. The van der Waals surface area contributed by atoms with Crippen LogP contribution in [0.2, 0.25) is 0 Å². The van der Waals surface area contributed by atoms with Gasteiger partial charge in [-0.05, 0) is 57.9 Å². The molecule has 1 fully saturated rings. The van der Waals surface area contributed by atoms with Crippen LogP contribution in [0.15, 0.2) is 40.9 Å². The van der Waals surface area contributed by atoms with E-state index in [2.05, 4.69) is 34.1 Å². The monoisotopic (exact) mass is 419 g/mol. The lowest BCUT2D eigenvalue weighted by Crippen LogP contribution is -3.13. The van der Waals surface area contributed by atoms with Crippen LogP contribution in [-0.2, 0) is 13.0 Å². The fraction of sp³-hybridized carbons (Fsp3) is 0.350. The summed E-state index contributed by atoms with van der Waals surface area (Å²) in [5, 5.41) is 0. The topological polar surface area (TPSA) is 34.0 Å². The number of hydrogen-bond acceptors (Lipinski definition) is 2. The van der Waals surface area contributed by atoms with Crippen molar-refractivity contribution in [3.05, 3.63) is 63.4 Å². The molecule has 0 aliphatic carbocycles. The first-order chi connectivity index (χ1) is 12.6. The van der Waals surface area contributed by atoms with Gasteiger partial charge in [0, 0.05) is 16.5 Å². The number of quaternary nitrogens is 1. The van der Waals surface area contributed by atoms with Crippen LogP contribution in [0.4, 0.5) is 4.39 Å². The van der Waals surface area contributed by atoms with Crippen molar-refractivity contribution in [1.82, 2.24) is 4.90 Å². The molecule has 0 saturated carbocycles. The molecule has 1 amide bonds. The van der Waals surface area contributed by atoms with Crippen LogP contribution in [0.5, 0.6) is 5.75 Å². The number of benzene rings is 2. The highest BCUT2D eigenvalue weighted by atomic mass is 79.9. The summed E-state index contributed by atoms with van der Waals surface area (Å²) in [6, 6.07) is 10.7. The summed E-state index contributed by atoms with van der Waals surface area (Å²) in [5.74, 6) is 0.520. The molecule has 0 unspecified atom stereocenters. The summed E-state index contributed by atoms with van der Waals surface area (Å²) >= 11 is 3.35. The zero-order chi connectivity index (χ0) is 18.1. The number of carbonyl (C=O) groups excluding carboxylic acids is 1. The Labute approximate surface area is 160 Å². The van der Waals surface area contributed by atoms with Crippen LogP contribution in [0.25, 0.3) is 0 Å².